The number of alkyl carbamates (subject to hydrolysis) is 1. The summed E-state index contributed by atoms with van der Waals surface area (Å²) in [6, 6.07) is 12.1. The fraction of sp³-hybridized carbons (Fsp3) is 0.318. The summed E-state index contributed by atoms with van der Waals surface area (Å²) in [5.74, 6) is -0.270. The van der Waals surface area contributed by atoms with E-state index in [1.54, 1.807) is 19.1 Å². The summed E-state index contributed by atoms with van der Waals surface area (Å²) in [4.78, 5) is 27.5. The monoisotopic (exact) mass is 522 g/mol. The zero-order chi connectivity index (χ0) is 24.7. The average molecular weight is 523 g/mol. The molecule has 0 bridgehead atoms. The Labute approximate surface area is 211 Å². The average Bonchev–Trinajstić information content (AvgIpc) is 3.25. The number of anilines is 1. The van der Waals surface area contributed by atoms with Gasteiger partial charge >= 0.3 is 6.09 Å². The summed E-state index contributed by atoms with van der Waals surface area (Å²) in [7, 11) is 3.77. The van der Waals surface area contributed by atoms with Gasteiger partial charge < -0.3 is 15.0 Å². The van der Waals surface area contributed by atoms with Crippen LogP contribution in [-0.4, -0.2) is 52.2 Å². The highest BCUT2D eigenvalue weighted by Crippen LogP contribution is 2.40. The van der Waals surface area contributed by atoms with Crippen LogP contribution in [0.3, 0.4) is 0 Å². The van der Waals surface area contributed by atoms with Gasteiger partial charge in [-0.25, -0.2) is 9.48 Å². The Morgan fingerprint density at radius 3 is 2.47 bits per heavy atom. The summed E-state index contributed by atoms with van der Waals surface area (Å²) < 4.78 is 6.56. The zero-order valence-corrected chi connectivity index (χ0v) is 21.2. The molecule has 0 aliphatic heterocycles. The van der Waals surface area contributed by atoms with E-state index in [4.69, 9.17) is 27.9 Å². The summed E-state index contributed by atoms with van der Waals surface area (Å²) in [5.41, 5.74) is 1.70. The molecule has 1 amide bonds. The summed E-state index contributed by atoms with van der Waals surface area (Å²) >= 11 is 14.0. The highest BCUT2D eigenvalue weighted by molar-refractivity contribution is 7.99. The van der Waals surface area contributed by atoms with Gasteiger partial charge in [-0.3, -0.25) is 4.79 Å². The molecule has 0 saturated heterocycles. The first-order chi connectivity index (χ1) is 16.3. The number of amides is 1. The molecule has 1 aromatic heterocycles. The van der Waals surface area contributed by atoms with Crippen LogP contribution in [0.4, 0.5) is 10.5 Å². The molecule has 9 nitrogen and oxygen atoms in total. The molecule has 0 saturated carbocycles. The smallest absolute Gasteiger partial charge is 0.408 e. The topological polar surface area (TPSA) is 102 Å². The molecule has 0 aliphatic carbocycles. The van der Waals surface area contributed by atoms with Crippen LogP contribution in [0, 0.1) is 0 Å². The largest absolute Gasteiger partial charge is 0.445 e. The SMILES string of the molecule is CCC(NC(=O)OCc1ccccc1)C(=O)Cn1nnnc1Sc1c(Cl)cc(N(C)C)cc1Cl. The van der Waals surface area contributed by atoms with Crippen LogP contribution >= 0.6 is 35.0 Å². The minimum absolute atomic E-state index is 0.110. The molecular weight excluding hydrogens is 499 g/mol. The van der Waals surface area contributed by atoms with Gasteiger partial charge in [0.05, 0.1) is 21.0 Å². The van der Waals surface area contributed by atoms with Crippen LogP contribution in [-0.2, 0) is 22.7 Å². The third-order valence-corrected chi connectivity index (χ3v) is 6.74. The Bertz CT molecular complexity index is 1120. The van der Waals surface area contributed by atoms with Crippen LogP contribution < -0.4 is 10.2 Å². The van der Waals surface area contributed by atoms with E-state index in [9.17, 15) is 9.59 Å². The predicted molar refractivity (Wildman–Crippen MR) is 132 cm³/mol. The number of hydrogen-bond donors (Lipinski definition) is 1. The van der Waals surface area contributed by atoms with Crippen molar-refractivity contribution >= 4 is 52.5 Å². The van der Waals surface area contributed by atoms with Gasteiger partial charge in [0.1, 0.15) is 13.2 Å². The Morgan fingerprint density at radius 1 is 1.18 bits per heavy atom. The van der Waals surface area contributed by atoms with E-state index in [2.05, 4.69) is 20.8 Å². The lowest BCUT2D eigenvalue weighted by Crippen LogP contribution is -2.42. The molecule has 0 radical (unpaired) electrons. The molecule has 3 aromatic rings. The second-order valence-electron chi connectivity index (χ2n) is 7.49. The summed E-state index contributed by atoms with van der Waals surface area (Å²) in [5, 5.41) is 15.4. The van der Waals surface area contributed by atoms with Gasteiger partial charge in [-0.2, -0.15) is 0 Å². The first-order valence-corrected chi connectivity index (χ1v) is 12.0. The minimum atomic E-state index is -0.753. The number of aromatic nitrogens is 4. The predicted octanol–water partition coefficient (Wildman–Crippen LogP) is 4.47. The van der Waals surface area contributed by atoms with E-state index in [-0.39, 0.29) is 18.9 Å². The van der Waals surface area contributed by atoms with Gasteiger partial charge in [0.25, 0.3) is 0 Å². The number of Topliss-reactive ketones (excluding diaryl/α,β-unsaturated/α-hetero) is 1. The van der Waals surface area contributed by atoms with E-state index in [0.29, 0.717) is 26.5 Å². The highest BCUT2D eigenvalue weighted by atomic mass is 35.5. The summed E-state index contributed by atoms with van der Waals surface area (Å²) in [6.45, 7) is 1.76. The molecule has 1 N–H and O–H groups in total. The number of carbonyl (C=O) groups excluding carboxylic acids is 2. The van der Waals surface area contributed by atoms with Crippen molar-refractivity contribution in [1.82, 2.24) is 25.5 Å². The molecule has 3 rings (SSSR count). The lowest BCUT2D eigenvalue weighted by Gasteiger charge is -2.17. The fourth-order valence-corrected chi connectivity index (χ4v) is 4.42. The number of tetrazole rings is 1. The number of carbonyl (C=O) groups is 2. The second kappa shape index (κ2) is 12.0. The lowest BCUT2D eigenvalue weighted by molar-refractivity contribution is -0.122. The number of benzene rings is 2. The molecule has 0 spiro atoms. The molecule has 34 heavy (non-hydrogen) atoms. The third kappa shape index (κ3) is 6.85. The van der Waals surface area contributed by atoms with E-state index in [1.807, 2.05) is 49.3 Å². The lowest BCUT2D eigenvalue weighted by atomic mass is 10.1. The first kappa shape index (κ1) is 25.8. The van der Waals surface area contributed by atoms with Crippen molar-refractivity contribution in [2.24, 2.45) is 0 Å². The standard InChI is InChI=1S/C22H24Cl2N6O3S/c1-4-18(25-22(32)33-13-14-8-6-5-7-9-14)19(31)12-30-21(26-27-28-30)34-20-16(23)10-15(29(2)3)11-17(20)24/h5-11,18H,4,12-13H2,1-3H3,(H,25,32). The third-order valence-electron chi connectivity index (χ3n) is 4.80. The number of ketones is 1. The van der Waals surface area contributed by atoms with E-state index in [0.717, 1.165) is 23.0 Å². The molecular formula is C22H24Cl2N6O3S. The van der Waals surface area contributed by atoms with Crippen LogP contribution in [0.2, 0.25) is 10.0 Å². The Balaban J connectivity index is 1.63. The quantitative estimate of drug-likeness (QED) is 0.415. The van der Waals surface area contributed by atoms with Crippen molar-refractivity contribution in [2.45, 2.75) is 42.6 Å². The zero-order valence-electron chi connectivity index (χ0n) is 18.9. The van der Waals surface area contributed by atoms with Crippen LogP contribution in [0.1, 0.15) is 18.9 Å². The van der Waals surface area contributed by atoms with Gasteiger partial charge in [0.2, 0.25) is 5.16 Å². The number of nitrogens with one attached hydrogen (secondary N) is 1. The van der Waals surface area contributed by atoms with Crippen LogP contribution in [0.25, 0.3) is 0 Å². The number of hydrogen-bond acceptors (Lipinski definition) is 8. The Hall–Kier alpha value is -2.82. The number of nitrogens with zero attached hydrogens (tertiary/aromatic N) is 5. The minimum Gasteiger partial charge on any atom is -0.445 e. The highest BCUT2D eigenvalue weighted by Gasteiger charge is 2.23. The van der Waals surface area contributed by atoms with Gasteiger partial charge in [-0.1, -0.05) is 60.5 Å². The van der Waals surface area contributed by atoms with Gasteiger partial charge in [-0.05, 0) is 46.3 Å². The van der Waals surface area contributed by atoms with Crippen LogP contribution in [0.15, 0.2) is 52.5 Å². The van der Waals surface area contributed by atoms with E-state index < -0.39 is 12.1 Å². The van der Waals surface area contributed by atoms with E-state index >= 15 is 0 Å². The molecule has 1 atom stereocenters. The molecule has 12 heteroatoms. The molecule has 0 fully saturated rings. The van der Waals surface area contributed by atoms with Crippen LogP contribution in [0.5, 0.6) is 0 Å². The maximum absolute atomic E-state index is 12.9. The summed E-state index contributed by atoms with van der Waals surface area (Å²) in [6.07, 6.45) is -0.289. The second-order valence-corrected chi connectivity index (χ2v) is 9.28. The van der Waals surface area contributed by atoms with Gasteiger partial charge in [0, 0.05) is 19.8 Å². The van der Waals surface area contributed by atoms with Crippen molar-refractivity contribution in [3.05, 3.63) is 58.1 Å². The Kier molecular flexibility index (Phi) is 9.14. The van der Waals surface area contributed by atoms with E-state index in [1.165, 1.54) is 4.68 Å². The number of ether oxygens (including phenoxy) is 1. The fourth-order valence-electron chi connectivity index (χ4n) is 2.94. The first-order valence-electron chi connectivity index (χ1n) is 10.4. The van der Waals surface area contributed by atoms with Crippen molar-refractivity contribution in [3.8, 4) is 0 Å². The molecule has 1 unspecified atom stereocenters. The van der Waals surface area contributed by atoms with Crippen molar-refractivity contribution in [1.29, 1.82) is 0 Å². The Morgan fingerprint density at radius 2 is 1.85 bits per heavy atom. The number of halogens is 2. The molecule has 0 aliphatic rings. The van der Waals surface area contributed by atoms with Gasteiger partial charge in [-0.15, -0.1) is 5.10 Å². The van der Waals surface area contributed by atoms with Gasteiger partial charge in [0.15, 0.2) is 5.78 Å². The molecule has 180 valence electrons. The molecule has 2 aromatic carbocycles. The van der Waals surface area contributed by atoms with Crippen molar-refractivity contribution in [2.75, 3.05) is 19.0 Å². The van der Waals surface area contributed by atoms with Crippen molar-refractivity contribution in [3.63, 3.8) is 0 Å². The maximum atomic E-state index is 12.9. The normalized spacial score (nSPS) is 11.7. The number of rotatable bonds is 10. The molecule has 1 heterocycles. The van der Waals surface area contributed by atoms with Crippen molar-refractivity contribution < 1.29 is 14.3 Å². The maximum Gasteiger partial charge on any atom is 0.408 e.